The molecule has 2 aromatic rings. The SMILES string of the molecule is CNc1ncnc(NCc2ccc(Br)s2)c1OC. The van der Waals surface area contributed by atoms with Crippen LogP contribution in [0.15, 0.2) is 22.2 Å². The van der Waals surface area contributed by atoms with Crippen molar-refractivity contribution in [3.05, 3.63) is 27.1 Å². The lowest BCUT2D eigenvalue weighted by Crippen LogP contribution is -2.05. The van der Waals surface area contributed by atoms with Crippen LogP contribution in [-0.2, 0) is 6.54 Å². The third-order valence-electron chi connectivity index (χ3n) is 2.30. The highest BCUT2D eigenvalue weighted by Crippen LogP contribution is 2.29. The van der Waals surface area contributed by atoms with Crippen LogP contribution in [0.25, 0.3) is 0 Å². The third-order valence-corrected chi connectivity index (χ3v) is 3.93. The van der Waals surface area contributed by atoms with E-state index in [1.807, 2.05) is 6.07 Å². The minimum Gasteiger partial charge on any atom is -0.490 e. The summed E-state index contributed by atoms with van der Waals surface area (Å²) in [5, 5.41) is 6.21. The molecule has 0 atom stereocenters. The highest BCUT2D eigenvalue weighted by molar-refractivity contribution is 9.11. The van der Waals surface area contributed by atoms with Crippen LogP contribution < -0.4 is 15.4 Å². The summed E-state index contributed by atoms with van der Waals surface area (Å²) in [6, 6.07) is 4.09. The topological polar surface area (TPSA) is 59.1 Å². The van der Waals surface area contributed by atoms with Crippen LogP contribution in [0.4, 0.5) is 11.6 Å². The van der Waals surface area contributed by atoms with Crippen molar-refractivity contribution in [3.8, 4) is 5.75 Å². The Balaban J connectivity index is 2.13. The van der Waals surface area contributed by atoms with E-state index in [9.17, 15) is 0 Å². The number of thiophene rings is 1. The summed E-state index contributed by atoms with van der Waals surface area (Å²) in [5.74, 6) is 1.97. The molecule has 7 heteroatoms. The van der Waals surface area contributed by atoms with Gasteiger partial charge in [0.25, 0.3) is 0 Å². The zero-order valence-electron chi connectivity index (χ0n) is 10.0. The second-order valence-corrected chi connectivity index (χ2v) is 5.96. The Hall–Kier alpha value is -1.34. The van der Waals surface area contributed by atoms with Crippen molar-refractivity contribution in [2.24, 2.45) is 0 Å². The smallest absolute Gasteiger partial charge is 0.204 e. The Morgan fingerprint density at radius 1 is 1.33 bits per heavy atom. The van der Waals surface area contributed by atoms with E-state index in [0.717, 1.165) is 3.79 Å². The normalized spacial score (nSPS) is 10.2. The molecule has 2 heterocycles. The molecule has 2 aromatic heterocycles. The van der Waals surface area contributed by atoms with Gasteiger partial charge in [-0.3, -0.25) is 0 Å². The highest BCUT2D eigenvalue weighted by Gasteiger charge is 2.10. The summed E-state index contributed by atoms with van der Waals surface area (Å²) in [4.78, 5) is 9.50. The van der Waals surface area contributed by atoms with Crippen molar-refractivity contribution in [1.29, 1.82) is 0 Å². The maximum Gasteiger partial charge on any atom is 0.204 e. The number of aromatic nitrogens is 2. The van der Waals surface area contributed by atoms with Crippen molar-refractivity contribution >= 4 is 38.9 Å². The Bertz CT molecular complexity index is 532. The molecule has 2 rings (SSSR count). The van der Waals surface area contributed by atoms with Gasteiger partial charge in [0.05, 0.1) is 17.4 Å². The molecular formula is C11H13BrN4OS. The van der Waals surface area contributed by atoms with Crippen molar-refractivity contribution in [2.75, 3.05) is 24.8 Å². The molecule has 0 aliphatic carbocycles. The number of nitrogens with zero attached hydrogens (tertiary/aromatic N) is 2. The van der Waals surface area contributed by atoms with E-state index >= 15 is 0 Å². The molecule has 0 aliphatic rings. The van der Waals surface area contributed by atoms with E-state index in [0.29, 0.717) is 23.9 Å². The maximum absolute atomic E-state index is 5.31. The van der Waals surface area contributed by atoms with E-state index in [1.54, 1.807) is 25.5 Å². The second-order valence-electron chi connectivity index (χ2n) is 3.41. The monoisotopic (exact) mass is 328 g/mol. The first-order valence-corrected chi connectivity index (χ1v) is 6.90. The molecule has 0 saturated heterocycles. The Morgan fingerprint density at radius 3 is 2.72 bits per heavy atom. The second kappa shape index (κ2) is 6.01. The van der Waals surface area contributed by atoms with E-state index in [4.69, 9.17) is 4.74 Å². The Morgan fingerprint density at radius 2 is 2.11 bits per heavy atom. The van der Waals surface area contributed by atoms with Gasteiger partial charge in [0.1, 0.15) is 6.33 Å². The van der Waals surface area contributed by atoms with Crippen LogP contribution in [0.3, 0.4) is 0 Å². The number of nitrogens with one attached hydrogen (secondary N) is 2. The van der Waals surface area contributed by atoms with Gasteiger partial charge in [-0.05, 0) is 28.1 Å². The average Bonchev–Trinajstić information content (AvgIpc) is 2.81. The van der Waals surface area contributed by atoms with Crippen molar-refractivity contribution in [1.82, 2.24) is 9.97 Å². The fourth-order valence-corrected chi connectivity index (χ4v) is 2.91. The zero-order valence-corrected chi connectivity index (χ0v) is 12.4. The van der Waals surface area contributed by atoms with Crippen molar-refractivity contribution in [2.45, 2.75) is 6.54 Å². The molecule has 0 aromatic carbocycles. The van der Waals surface area contributed by atoms with E-state index in [2.05, 4.69) is 42.6 Å². The Labute approximate surface area is 118 Å². The van der Waals surface area contributed by atoms with Gasteiger partial charge in [-0.1, -0.05) is 0 Å². The average molecular weight is 329 g/mol. The Kier molecular flexibility index (Phi) is 4.38. The zero-order chi connectivity index (χ0) is 13.0. The minimum atomic E-state index is 0.621. The predicted molar refractivity (Wildman–Crippen MR) is 77.5 cm³/mol. The largest absolute Gasteiger partial charge is 0.490 e. The fourth-order valence-electron chi connectivity index (χ4n) is 1.49. The molecule has 2 N–H and O–H groups in total. The maximum atomic E-state index is 5.31. The number of ether oxygens (including phenoxy) is 1. The minimum absolute atomic E-state index is 0.621. The molecule has 0 saturated carbocycles. The molecule has 0 bridgehead atoms. The first kappa shape index (κ1) is 13.1. The lowest BCUT2D eigenvalue weighted by molar-refractivity contribution is 0.415. The molecule has 0 aliphatic heterocycles. The van der Waals surface area contributed by atoms with Gasteiger partial charge in [0.15, 0.2) is 11.6 Å². The first-order valence-electron chi connectivity index (χ1n) is 5.29. The molecule has 5 nitrogen and oxygen atoms in total. The molecule has 0 amide bonds. The van der Waals surface area contributed by atoms with Crippen LogP contribution >= 0.6 is 27.3 Å². The van der Waals surface area contributed by atoms with Gasteiger partial charge >= 0.3 is 0 Å². The van der Waals surface area contributed by atoms with Gasteiger partial charge in [-0.25, -0.2) is 9.97 Å². The highest BCUT2D eigenvalue weighted by atomic mass is 79.9. The van der Waals surface area contributed by atoms with Crippen LogP contribution in [0.5, 0.6) is 5.75 Å². The summed E-state index contributed by atoms with van der Waals surface area (Å²) in [6.07, 6.45) is 1.50. The number of methoxy groups -OCH3 is 1. The van der Waals surface area contributed by atoms with Crippen molar-refractivity contribution < 1.29 is 4.74 Å². The quantitative estimate of drug-likeness (QED) is 0.883. The summed E-state index contributed by atoms with van der Waals surface area (Å²) < 4.78 is 6.42. The lowest BCUT2D eigenvalue weighted by atomic mass is 10.4. The van der Waals surface area contributed by atoms with Crippen LogP contribution in [-0.4, -0.2) is 24.1 Å². The van der Waals surface area contributed by atoms with Crippen molar-refractivity contribution in [3.63, 3.8) is 0 Å². The predicted octanol–water partition coefficient (Wildman–Crippen LogP) is 2.96. The van der Waals surface area contributed by atoms with E-state index < -0.39 is 0 Å². The summed E-state index contributed by atoms with van der Waals surface area (Å²) in [5.41, 5.74) is 0. The fraction of sp³-hybridized carbons (Fsp3) is 0.273. The number of anilines is 2. The summed E-state index contributed by atoms with van der Waals surface area (Å²) in [6.45, 7) is 0.701. The standard InChI is InChI=1S/C11H13BrN4OS/c1-13-10-9(17-2)11(16-6-15-10)14-5-7-3-4-8(12)18-7/h3-4,6H,5H2,1-2H3,(H2,13,14,15,16). The number of hydrogen-bond donors (Lipinski definition) is 2. The van der Waals surface area contributed by atoms with Crippen LogP contribution in [0, 0.1) is 0 Å². The van der Waals surface area contributed by atoms with Gasteiger partial charge in [0, 0.05) is 11.9 Å². The number of hydrogen-bond acceptors (Lipinski definition) is 6. The first-order chi connectivity index (χ1) is 8.74. The molecular weight excluding hydrogens is 316 g/mol. The van der Waals surface area contributed by atoms with Gasteiger partial charge in [-0.2, -0.15) is 0 Å². The van der Waals surface area contributed by atoms with Crippen LogP contribution in [0.2, 0.25) is 0 Å². The van der Waals surface area contributed by atoms with Gasteiger partial charge in [0.2, 0.25) is 5.75 Å². The summed E-state index contributed by atoms with van der Waals surface area (Å²) >= 11 is 5.12. The molecule has 18 heavy (non-hydrogen) atoms. The number of halogens is 1. The van der Waals surface area contributed by atoms with Crippen LogP contribution in [0.1, 0.15) is 4.88 Å². The lowest BCUT2D eigenvalue weighted by Gasteiger charge is -2.11. The summed E-state index contributed by atoms with van der Waals surface area (Å²) in [7, 11) is 3.40. The molecule has 0 spiro atoms. The molecule has 0 unspecified atom stereocenters. The number of rotatable bonds is 5. The molecule has 0 fully saturated rings. The third kappa shape index (κ3) is 2.91. The molecule has 0 radical (unpaired) electrons. The van der Waals surface area contributed by atoms with E-state index in [1.165, 1.54) is 11.2 Å². The molecule has 96 valence electrons. The van der Waals surface area contributed by atoms with Gasteiger partial charge < -0.3 is 15.4 Å². The van der Waals surface area contributed by atoms with E-state index in [-0.39, 0.29) is 0 Å². The van der Waals surface area contributed by atoms with Gasteiger partial charge in [-0.15, -0.1) is 11.3 Å².